The molecule has 22 saturated heterocycles. The lowest BCUT2D eigenvalue weighted by molar-refractivity contribution is -0.398. The maximum absolute atomic E-state index is 11.6. The number of ether oxygens (including phenoxy) is 12. The van der Waals surface area contributed by atoms with Crippen LogP contribution in [0.15, 0.2) is 0 Å². The van der Waals surface area contributed by atoms with Crippen LogP contribution in [0, 0.1) is 0 Å². The van der Waals surface area contributed by atoms with Gasteiger partial charge in [0.05, 0.1) is 39.6 Å². The molecule has 22 aliphatic rings. The Morgan fingerprint density at radius 1 is 0.236 bits per heavy atom. The second kappa shape index (κ2) is 27.4. The van der Waals surface area contributed by atoms with Crippen molar-refractivity contribution in [1.29, 1.82) is 0 Å². The van der Waals surface area contributed by atoms with Crippen LogP contribution in [0.2, 0.25) is 0 Å². The first-order valence-electron chi connectivity index (χ1n) is 22.1. The van der Waals surface area contributed by atoms with Gasteiger partial charge in [0.15, 0.2) is 37.7 Å². The van der Waals surface area contributed by atoms with Crippen LogP contribution >= 0.6 is 77.5 Å². The molecule has 36 heteroatoms. The largest absolute Gasteiger partial charge is 0.394 e. The predicted octanol–water partition coefficient (Wildman–Crippen LogP) is -7.84. The van der Waals surface area contributed by atoms with Gasteiger partial charge in [-0.2, -0.15) is 0 Å². The number of aliphatic hydroxyl groups is 12. The molecule has 22 fully saturated rings. The van der Waals surface area contributed by atoms with Gasteiger partial charge in [0.1, 0.15) is 146 Å². The minimum atomic E-state index is -1.93. The van der Waals surface area contributed by atoms with Gasteiger partial charge in [-0.1, -0.05) is 0 Å². The third kappa shape index (κ3) is 12.1. The van der Waals surface area contributed by atoms with Crippen LogP contribution in [-0.4, -0.2) is 285 Å². The SMILES string of the molecule is OC[C@H]1O[C@@H]2O[C@@H]3[C@H](OS)[C@@H](O)[C@@H](O[C@@H]4[C@H](OS)[C@@H](O)[C@@H](O[C@@H]5[C@H](OS)[C@@H](O)[C@@H](O[C@@H]6[C@H](OS)[C@@H](O)[C@@H](O[C@@H]7[C@H](OS)[C@@H](O)[C@@H](O[C@@H]1[C@H](OS)[C@H]2O)O[C@@H]7CO)O[C@@H]6CO)O[C@@H]5CO)O[C@@H]4CO)O[C@@H]3CO. The first-order valence-corrected chi connectivity index (χ1v) is 24.3. The van der Waals surface area contributed by atoms with Gasteiger partial charge in [-0.05, 0) is 77.5 Å². The van der Waals surface area contributed by atoms with Crippen molar-refractivity contribution in [1.82, 2.24) is 0 Å². The highest BCUT2D eigenvalue weighted by atomic mass is 32.1. The molecule has 0 radical (unpaired) electrons. The summed E-state index contributed by atoms with van der Waals surface area (Å²) in [5.74, 6) is 0. The highest BCUT2D eigenvalue weighted by Crippen LogP contribution is 2.40. The number of thiol groups is 6. The van der Waals surface area contributed by atoms with E-state index in [-0.39, 0.29) is 0 Å². The molecule has 420 valence electrons. The zero-order chi connectivity index (χ0) is 52.3. The van der Waals surface area contributed by atoms with Crippen molar-refractivity contribution in [3.05, 3.63) is 0 Å². The molecule has 0 aromatic heterocycles. The van der Waals surface area contributed by atoms with E-state index in [1.165, 1.54) is 0 Å². The second-order valence-electron chi connectivity index (χ2n) is 17.3. The van der Waals surface area contributed by atoms with Gasteiger partial charge in [-0.3, -0.25) is 0 Å². The predicted molar refractivity (Wildman–Crippen MR) is 243 cm³/mol. The van der Waals surface area contributed by atoms with Gasteiger partial charge >= 0.3 is 0 Å². The quantitative estimate of drug-likeness (QED) is 0.0637. The lowest BCUT2D eigenvalue weighted by atomic mass is 9.94. The molecular weight excluding hydrogens is 1100 g/mol. The number of hydrogen-bond acceptors (Lipinski definition) is 36. The average Bonchev–Trinajstić information content (AvgIpc) is 3.38. The molecule has 22 rings (SSSR count). The topological polar surface area (TPSA) is 409 Å². The van der Waals surface area contributed by atoms with Crippen LogP contribution in [-0.2, 0) is 81.9 Å². The number of rotatable bonds is 12. The lowest BCUT2D eigenvalue weighted by Gasteiger charge is -2.51. The van der Waals surface area contributed by atoms with E-state index in [1.54, 1.807) is 0 Å². The van der Waals surface area contributed by atoms with E-state index in [2.05, 4.69) is 77.5 Å². The molecule has 0 amide bonds. The highest BCUT2D eigenvalue weighted by Gasteiger charge is 2.60. The summed E-state index contributed by atoms with van der Waals surface area (Å²) in [6, 6.07) is 0. The Morgan fingerprint density at radius 3 is 0.458 bits per heavy atom. The summed E-state index contributed by atoms with van der Waals surface area (Å²) in [6.45, 7) is -5.38. The standard InChI is InChI=1S/C36H60O30S6/c37-1-7-19-25(61-67)13(43)31(49-7)56-20-8(2-38)51-33(15(45)27(20)63-69)58-22-10(4-40)53-35(17(47)29(22)65-71)60-24-12(6-42)54-36(18(48)30(24)66-72)59-23-11(5-41)52-34(16(46)28(23)64-70)57-21-9(3-39)50-32(55-19)14(44)26(21)62-68/h7-48,67-72H,1-6H2/t7-,8-,9-,10-,11-,12-,13-,14-,15-,16-,17-,18-,19+,20+,21+,22+,23+,24+,25-,26-,27-,28-,29-,30-,31-,32-,33-,34-,35-,36-/m1/s1. The van der Waals surface area contributed by atoms with Gasteiger partial charge in [0.2, 0.25) is 0 Å². The second-order valence-corrected chi connectivity index (χ2v) is 18.6. The summed E-state index contributed by atoms with van der Waals surface area (Å²) in [5, 5.41) is 133. The van der Waals surface area contributed by atoms with E-state index >= 15 is 0 Å². The Labute approximate surface area is 442 Å². The van der Waals surface area contributed by atoms with Crippen LogP contribution in [0.1, 0.15) is 0 Å². The summed E-state index contributed by atoms with van der Waals surface area (Å²) in [6.07, 6.45) is -51.2. The lowest BCUT2D eigenvalue weighted by Crippen LogP contribution is -2.69. The fraction of sp³-hybridized carbons (Fsp3) is 1.00. The summed E-state index contributed by atoms with van der Waals surface area (Å²) >= 11 is 23.4. The van der Waals surface area contributed by atoms with Crippen LogP contribution in [0.25, 0.3) is 0 Å². The fourth-order valence-corrected chi connectivity index (χ4v) is 11.0. The van der Waals surface area contributed by atoms with Gasteiger partial charge < -0.3 is 143 Å². The molecule has 22 heterocycles. The number of hydrogen-bond donors (Lipinski definition) is 18. The van der Waals surface area contributed by atoms with E-state index in [0.717, 1.165) is 0 Å². The molecule has 0 saturated carbocycles. The Bertz CT molecular complexity index is 1360. The van der Waals surface area contributed by atoms with Gasteiger partial charge in [-0.15, -0.1) is 0 Å². The van der Waals surface area contributed by atoms with Crippen molar-refractivity contribution in [3.8, 4) is 0 Å². The minimum Gasteiger partial charge on any atom is -0.394 e. The zero-order valence-electron chi connectivity index (χ0n) is 37.0. The molecule has 0 unspecified atom stereocenters. The van der Waals surface area contributed by atoms with Crippen molar-refractivity contribution in [2.75, 3.05) is 39.6 Å². The van der Waals surface area contributed by atoms with Crippen LogP contribution in [0.4, 0.5) is 0 Å². The first kappa shape index (κ1) is 60.5. The maximum atomic E-state index is 11.6. The summed E-state index contributed by atoms with van der Waals surface area (Å²) in [7, 11) is 0. The minimum absolute atomic E-state index is 0.896. The van der Waals surface area contributed by atoms with E-state index < -0.39 is 224 Å². The molecule has 30 atom stereocenters. The van der Waals surface area contributed by atoms with Gasteiger partial charge in [0, 0.05) is 0 Å². The molecule has 12 bridgehead atoms. The van der Waals surface area contributed by atoms with Crippen LogP contribution in [0.5, 0.6) is 0 Å². The molecule has 12 N–H and O–H groups in total. The molecule has 0 aromatic rings. The van der Waals surface area contributed by atoms with Crippen molar-refractivity contribution >= 4 is 77.5 Å². The van der Waals surface area contributed by atoms with E-state index in [4.69, 9.17) is 81.9 Å². The first-order chi connectivity index (χ1) is 34.6. The third-order valence-electron chi connectivity index (χ3n) is 13.2. The molecule has 22 aliphatic heterocycles. The Kier molecular flexibility index (Phi) is 23.0. The third-order valence-corrected chi connectivity index (χ3v) is 14.7. The van der Waals surface area contributed by atoms with Crippen molar-refractivity contribution in [2.24, 2.45) is 0 Å². The maximum Gasteiger partial charge on any atom is 0.187 e. The Hall–Kier alpha value is 0.900. The molecule has 30 nitrogen and oxygen atoms in total. The van der Waals surface area contributed by atoms with Crippen molar-refractivity contribution < 1.29 is 143 Å². The smallest absolute Gasteiger partial charge is 0.187 e. The van der Waals surface area contributed by atoms with E-state index in [9.17, 15) is 61.3 Å². The van der Waals surface area contributed by atoms with Gasteiger partial charge in [-0.25, -0.2) is 0 Å². The Balaban J connectivity index is 1.25. The highest BCUT2D eigenvalue weighted by molar-refractivity contribution is 7.75. The monoisotopic (exact) mass is 1160 g/mol. The summed E-state index contributed by atoms with van der Waals surface area (Å²) in [4.78, 5) is 0. The van der Waals surface area contributed by atoms with Crippen molar-refractivity contribution in [3.63, 3.8) is 0 Å². The van der Waals surface area contributed by atoms with Crippen LogP contribution in [0.3, 0.4) is 0 Å². The Morgan fingerprint density at radius 2 is 0.361 bits per heavy atom. The van der Waals surface area contributed by atoms with Crippen LogP contribution < -0.4 is 0 Å². The number of aliphatic hydroxyl groups excluding tert-OH is 12. The van der Waals surface area contributed by atoms with Crippen molar-refractivity contribution in [2.45, 2.75) is 184 Å². The molecule has 0 aromatic carbocycles. The fourth-order valence-electron chi connectivity index (χ4n) is 9.56. The molecule has 0 spiro atoms. The summed E-state index contributed by atoms with van der Waals surface area (Å²) < 4.78 is 103. The van der Waals surface area contributed by atoms with E-state index in [1.807, 2.05) is 0 Å². The zero-order valence-corrected chi connectivity index (χ0v) is 42.3. The summed E-state index contributed by atoms with van der Waals surface area (Å²) in [5.41, 5.74) is 0. The normalized spacial score (nSPS) is 51.8. The molecular formula is C36H60O30S6. The van der Waals surface area contributed by atoms with Gasteiger partial charge in [0.25, 0.3) is 0 Å². The molecule has 72 heavy (non-hydrogen) atoms. The average molecular weight is 1170 g/mol. The molecule has 0 aliphatic carbocycles. The van der Waals surface area contributed by atoms with E-state index in [0.29, 0.717) is 0 Å².